The van der Waals surface area contributed by atoms with E-state index in [1.807, 2.05) is 39.8 Å². The van der Waals surface area contributed by atoms with Crippen molar-refractivity contribution in [3.05, 3.63) is 23.8 Å². The first-order valence-electron chi connectivity index (χ1n) is 8.72. The summed E-state index contributed by atoms with van der Waals surface area (Å²) in [4.78, 5) is 15.7. The molecule has 1 amide bonds. The van der Waals surface area contributed by atoms with Crippen LogP contribution in [0.3, 0.4) is 0 Å². The number of benzene rings is 1. The highest BCUT2D eigenvalue weighted by molar-refractivity contribution is 7.87. The van der Waals surface area contributed by atoms with Crippen LogP contribution < -0.4 is 9.08 Å². The fourth-order valence-electron chi connectivity index (χ4n) is 2.57. The van der Waals surface area contributed by atoms with Crippen molar-refractivity contribution in [2.24, 2.45) is 0 Å². The van der Waals surface area contributed by atoms with E-state index < -0.39 is 10.1 Å². The Kier molecular flexibility index (Phi) is 7.73. The zero-order chi connectivity index (χ0) is 19.2. The van der Waals surface area contributed by atoms with Crippen molar-refractivity contribution in [2.45, 2.75) is 54.1 Å². The summed E-state index contributed by atoms with van der Waals surface area (Å²) < 4.78 is 29.3. The number of rotatable bonds is 9. The van der Waals surface area contributed by atoms with Crippen LogP contribution in [0.2, 0.25) is 0 Å². The third kappa shape index (κ3) is 5.92. The highest BCUT2D eigenvalue weighted by Crippen LogP contribution is 2.29. The topological polar surface area (TPSA) is 66.9 Å². The van der Waals surface area contributed by atoms with E-state index in [2.05, 4.69) is 4.90 Å². The van der Waals surface area contributed by atoms with Crippen molar-refractivity contribution < 1.29 is 17.4 Å². The molecule has 6 nitrogen and oxygen atoms in total. The lowest BCUT2D eigenvalue weighted by molar-refractivity contribution is -0.131. The highest BCUT2D eigenvalue weighted by atomic mass is 32.2. The van der Waals surface area contributed by atoms with E-state index in [1.165, 1.54) is 6.92 Å². The predicted octanol–water partition coefficient (Wildman–Crippen LogP) is 3.02. The van der Waals surface area contributed by atoms with Crippen molar-refractivity contribution in [3.63, 3.8) is 0 Å². The smallest absolute Gasteiger partial charge is 0.308 e. The van der Waals surface area contributed by atoms with E-state index in [0.29, 0.717) is 12.1 Å². The van der Waals surface area contributed by atoms with Gasteiger partial charge in [-0.05, 0) is 40.7 Å². The summed E-state index contributed by atoms with van der Waals surface area (Å²) in [5.74, 6) is 0.119. The summed E-state index contributed by atoms with van der Waals surface area (Å²) in [5, 5.41) is 0. The zero-order valence-electron chi connectivity index (χ0n) is 16.1. The second kappa shape index (κ2) is 9.08. The van der Waals surface area contributed by atoms with Crippen LogP contribution in [0.5, 0.6) is 5.75 Å². The third-order valence-electron chi connectivity index (χ3n) is 4.12. The Morgan fingerprint density at radius 1 is 1.16 bits per heavy atom. The van der Waals surface area contributed by atoms with Crippen molar-refractivity contribution in [3.8, 4) is 5.75 Å². The average molecular weight is 371 g/mol. The monoisotopic (exact) mass is 370 g/mol. The normalized spacial score (nSPS) is 11.5. The molecule has 0 fully saturated rings. The van der Waals surface area contributed by atoms with E-state index >= 15 is 0 Å². The van der Waals surface area contributed by atoms with Gasteiger partial charge < -0.3 is 14.0 Å². The molecule has 0 atom stereocenters. The molecule has 0 heterocycles. The second-order valence-corrected chi connectivity index (χ2v) is 7.99. The Labute approximate surface area is 151 Å². The van der Waals surface area contributed by atoms with Gasteiger partial charge in [-0.3, -0.25) is 4.79 Å². The van der Waals surface area contributed by atoms with Crippen LogP contribution in [0.25, 0.3) is 0 Å². The summed E-state index contributed by atoms with van der Waals surface area (Å²) in [6.45, 7) is 12.9. The number of nitrogens with zero attached hydrogens (tertiary/aromatic N) is 2. The summed E-state index contributed by atoms with van der Waals surface area (Å²) in [6, 6.07) is 5.53. The van der Waals surface area contributed by atoms with Crippen LogP contribution in [0.15, 0.2) is 18.2 Å². The first-order valence-corrected chi connectivity index (χ1v) is 10.3. The van der Waals surface area contributed by atoms with Gasteiger partial charge in [0.1, 0.15) is 5.75 Å². The van der Waals surface area contributed by atoms with Crippen LogP contribution in [-0.4, -0.2) is 44.1 Å². The molecular formula is C18H30N2O4S. The summed E-state index contributed by atoms with van der Waals surface area (Å²) in [6.07, 6.45) is 0. The van der Waals surface area contributed by atoms with Crippen molar-refractivity contribution in [1.29, 1.82) is 0 Å². The molecule has 0 aliphatic carbocycles. The zero-order valence-corrected chi connectivity index (χ0v) is 16.9. The highest BCUT2D eigenvalue weighted by Gasteiger charge is 2.20. The van der Waals surface area contributed by atoms with Gasteiger partial charge in [0, 0.05) is 49.9 Å². The van der Waals surface area contributed by atoms with Crippen molar-refractivity contribution >= 4 is 21.7 Å². The van der Waals surface area contributed by atoms with Gasteiger partial charge >= 0.3 is 10.1 Å². The van der Waals surface area contributed by atoms with Crippen LogP contribution in [0.4, 0.5) is 5.69 Å². The molecule has 0 N–H and O–H groups in total. The fourth-order valence-corrected chi connectivity index (χ4v) is 3.12. The first-order chi connectivity index (χ1) is 11.6. The predicted molar refractivity (Wildman–Crippen MR) is 101 cm³/mol. The SMILES string of the molecule is CCN(CC)c1ccc(CN(C(C)=O)C(C)C)c(OS(=O)(=O)CC)c1. The van der Waals surface area contributed by atoms with Gasteiger partial charge in [-0.15, -0.1) is 0 Å². The molecule has 1 aromatic carbocycles. The molecule has 142 valence electrons. The molecule has 1 rings (SSSR count). The van der Waals surface area contributed by atoms with E-state index in [-0.39, 0.29) is 23.5 Å². The number of amides is 1. The van der Waals surface area contributed by atoms with Crippen LogP contribution in [0, 0.1) is 0 Å². The molecule has 0 unspecified atom stereocenters. The van der Waals surface area contributed by atoms with E-state index in [9.17, 15) is 13.2 Å². The molecule has 0 spiro atoms. The Bertz CT molecular complexity index is 682. The molecule has 0 saturated heterocycles. The van der Waals surface area contributed by atoms with Gasteiger partial charge in [0.25, 0.3) is 0 Å². The third-order valence-corrected chi connectivity index (χ3v) is 5.26. The molecule has 25 heavy (non-hydrogen) atoms. The van der Waals surface area contributed by atoms with E-state index in [4.69, 9.17) is 4.18 Å². The lowest BCUT2D eigenvalue weighted by Crippen LogP contribution is -2.34. The van der Waals surface area contributed by atoms with Gasteiger partial charge in [0.05, 0.1) is 5.75 Å². The standard InChI is InChI=1S/C18H30N2O4S/c1-7-19(8-2)17-11-10-16(13-20(14(4)5)15(6)21)18(12-17)24-25(22,23)9-3/h10-12,14H,7-9,13H2,1-6H3. The van der Waals surface area contributed by atoms with Gasteiger partial charge in [0.2, 0.25) is 5.91 Å². The van der Waals surface area contributed by atoms with E-state index in [1.54, 1.807) is 17.9 Å². The minimum atomic E-state index is -3.65. The quantitative estimate of drug-likeness (QED) is 0.625. The second-order valence-electron chi connectivity index (χ2n) is 6.13. The molecule has 0 radical (unpaired) electrons. The number of carbonyl (C=O) groups excluding carboxylic acids is 1. The maximum absolute atomic E-state index is 12.0. The first kappa shape index (κ1) is 21.3. The van der Waals surface area contributed by atoms with Crippen LogP contribution in [-0.2, 0) is 21.5 Å². The summed E-state index contributed by atoms with van der Waals surface area (Å²) in [7, 11) is -3.65. The average Bonchev–Trinajstić information content (AvgIpc) is 2.54. The van der Waals surface area contributed by atoms with E-state index in [0.717, 1.165) is 18.8 Å². The number of hydrogen-bond donors (Lipinski definition) is 0. The maximum atomic E-state index is 12.0. The lowest BCUT2D eigenvalue weighted by Gasteiger charge is -2.27. The Morgan fingerprint density at radius 2 is 1.76 bits per heavy atom. The fraction of sp³-hybridized carbons (Fsp3) is 0.611. The van der Waals surface area contributed by atoms with Gasteiger partial charge in [0.15, 0.2) is 0 Å². The number of anilines is 1. The van der Waals surface area contributed by atoms with Crippen molar-refractivity contribution in [2.75, 3.05) is 23.7 Å². The summed E-state index contributed by atoms with van der Waals surface area (Å²) in [5.41, 5.74) is 1.57. The minimum absolute atomic E-state index is 0.00981. The molecule has 0 saturated carbocycles. The minimum Gasteiger partial charge on any atom is -0.382 e. The van der Waals surface area contributed by atoms with Crippen LogP contribution >= 0.6 is 0 Å². The Morgan fingerprint density at radius 3 is 2.20 bits per heavy atom. The molecule has 0 aliphatic rings. The van der Waals surface area contributed by atoms with Crippen LogP contribution in [0.1, 0.15) is 47.1 Å². The molecule has 0 bridgehead atoms. The Hall–Kier alpha value is -1.76. The number of carbonyl (C=O) groups is 1. The lowest BCUT2D eigenvalue weighted by atomic mass is 10.1. The summed E-state index contributed by atoms with van der Waals surface area (Å²) >= 11 is 0. The molecule has 0 aromatic heterocycles. The Balaban J connectivity index is 3.33. The largest absolute Gasteiger partial charge is 0.382 e. The van der Waals surface area contributed by atoms with Gasteiger partial charge in [-0.2, -0.15) is 8.42 Å². The van der Waals surface area contributed by atoms with Gasteiger partial charge in [-0.25, -0.2) is 0 Å². The molecule has 7 heteroatoms. The van der Waals surface area contributed by atoms with Gasteiger partial charge in [-0.1, -0.05) is 6.07 Å². The molecular weight excluding hydrogens is 340 g/mol. The van der Waals surface area contributed by atoms with Crippen molar-refractivity contribution in [1.82, 2.24) is 4.90 Å². The maximum Gasteiger partial charge on any atom is 0.308 e. The molecule has 0 aliphatic heterocycles. The number of hydrogen-bond acceptors (Lipinski definition) is 5. The molecule has 1 aromatic rings.